The summed E-state index contributed by atoms with van der Waals surface area (Å²) in [5.41, 5.74) is 2.52. The lowest BCUT2D eigenvalue weighted by Crippen LogP contribution is -2.23. The Morgan fingerprint density at radius 3 is 2.75 bits per heavy atom. The molecule has 0 radical (unpaired) electrons. The van der Waals surface area contributed by atoms with Crippen molar-refractivity contribution in [3.63, 3.8) is 0 Å². The Balaban J connectivity index is 1.74. The number of likely N-dealkylation sites (tertiary alicyclic amines) is 1. The highest BCUT2D eigenvalue weighted by molar-refractivity contribution is 5.29. The van der Waals surface area contributed by atoms with Crippen molar-refractivity contribution in [1.29, 1.82) is 0 Å². The van der Waals surface area contributed by atoms with Crippen LogP contribution in [0, 0.1) is 0 Å². The highest BCUT2D eigenvalue weighted by Gasteiger charge is 2.26. The van der Waals surface area contributed by atoms with Gasteiger partial charge in [0.15, 0.2) is 0 Å². The van der Waals surface area contributed by atoms with Crippen LogP contribution in [0.25, 0.3) is 0 Å². The van der Waals surface area contributed by atoms with E-state index < -0.39 is 0 Å². The Hall–Kier alpha value is -1.87. The van der Waals surface area contributed by atoms with E-state index in [9.17, 15) is 0 Å². The van der Waals surface area contributed by atoms with E-state index in [2.05, 4.69) is 34.1 Å². The number of rotatable bonds is 4. The lowest BCUT2D eigenvalue weighted by Gasteiger charge is -2.24. The summed E-state index contributed by atoms with van der Waals surface area (Å²) >= 11 is 0. The van der Waals surface area contributed by atoms with Gasteiger partial charge in [0, 0.05) is 18.8 Å². The molecule has 1 aromatic carbocycles. The highest BCUT2D eigenvalue weighted by atomic mass is 16.5. The molecular formula is C17H20N2O. The number of pyridine rings is 1. The molecule has 3 nitrogen and oxygen atoms in total. The first-order chi connectivity index (χ1) is 9.86. The molecule has 1 fully saturated rings. The van der Waals surface area contributed by atoms with Gasteiger partial charge >= 0.3 is 0 Å². The molecule has 2 heterocycles. The number of benzene rings is 1. The summed E-state index contributed by atoms with van der Waals surface area (Å²) in [5, 5.41) is 0. The van der Waals surface area contributed by atoms with Crippen LogP contribution >= 0.6 is 0 Å². The molecule has 0 spiro atoms. The maximum Gasteiger partial charge on any atom is 0.118 e. The monoisotopic (exact) mass is 268 g/mol. The van der Waals surface area contributed by atoms with Crippen LogP contribution in [0.5, 0.6) is 5.75 Å². The Kier molecular flexibility index (Phi) is 3.97. The molecule has 20 heavy (non-hydrogen) atoms. The molecule has 0 bridgehead atoms. The van der Waals surface area contributed by atoms with E-state index in [1.165, 1.54) is 18.4 Å². The van der Waals surface area contributed by atoms with Gasteiger partial charge in [0.25, 0.3) is 0 Å². The number of ether oxygens (including phenoxy) is 1. The number of nitrogens with zero attached hydrogens (tertiary/aromatic N) is 2. The lowest BCUT2D eigenvalue weighted by molar-refractivity contribution is 0.245. The first-order valence-electron chi connectivity index (χ1n) is 7.15. The van der Waals surface area contributed by atoms with Gasteiger partial charge in [-0.25, -0.2) is 0 Å². The molecule has 2 aromatic rings. The van der Waals surface area contributed by atoms with Crippen LogP contribution in [0.2, 0.25) is 0 Å². The average molecular weight is 268 g/mol. The zero-order valence-electron chi connectivity index (χ0n) is 11.8. The molecule has 1 unspecified atom stereocenters. The van der Waals surface area contributed by atoms with E-state index >= 15 is 0 Å². The molecule has 0 aliphatic carbocycles. The topological polar surface area (TPSA) is 25.4 Å². The van der Waals surface area contributed by atoms with Crippen LogP contribution in [-0.4, -0.2) is 23.5 Å². The largest absolute Gasteiger partial charge is 0.497 e. The fourth-order valence-electron chi connectivity index (χ4n) is 2.92. The first-order valence-corrected chi connectivity index (χ1v) is 7.15. The van der Waals surface area contributed by atoms with Crippen molar-refractivity contribution in [3.8, 4) is 5.75 Å². The van der Waals surface area contributed by atoms with E-state index in [1.54, 1.807) is 7.11 Å². The normalized spacial score (nSPS) is 19.1. The third kappa shape index (κ3) is 2.83. The maximum absolute atomic E-state index is 5.23. The van der Waals surface area contributed by atoms with Gasteiger partial charge in [-0.3, -0.25) is 9.88 Å². The number of hydrogen-bond acceptors (Lipinski definition) is 3. The Bertz CT molecular complexity index is 539. The molecule has 0 saturated carbocycles. The molecule has 0 N–H and O–H groups in total. The van der Waals surface area contributed by atoms with Gasteiger partial charge in [-0.15, -0.1) is 0 Å². The summed E-state index contributed by atoms with van der Waals surface area (Å²) in [6, 6.07) is 15.1. The minimum atomic E-state index is 0.503. The molecule has 0 amide bonds. The summed E-state index contributed by atoms with van der Waals surface area (Å²) in [4.78, 5) is 6.95. The van der Waals surface area contributed by atoms with Crippen molar-refractivity contribution >= 4 is 0 Å². The SMILES string of the molecule is COc1ccc(C2CCCN2Cc2ccccn2)cc1. The van der Waals surface area contributed by atoms with Gasteiger partial charge < -0.3 is 4.74 Å². The molecule has 3 heteroatoms. The Morgan fingerprint density at radius 2 is 2.05 bits per heavy atom. The highest BCUT2D eigenvalue weighted by Crippen LogP contribution is 2.33. The fourth-order valence-corrected chi connectivity index (χ4v) is 2.92. The summed E-state index contributed by atoms with van der Waals surface area (Å²) < 4.78 is 5.23. The van der Waals surface area contributed by atoms with Crippen molar-refractivity contribution in [2.24, 2.45) is 0 Å². The van der Waals surface area contributed by atoms with Crippen molar-refractivity contribution < 1.29 is 4.74 Å². The lowest BCUT2D eigenvalue weighted by atomic mass is 10.0. The minimum absolute atomic E-state index is 0.503. The van der Waals surface area contributed by atoms with Gasteiger partial charge in [-0.2, -0.15) is 0 Å². The number of aromatic nitrogens is 1. The van der Waals surface area contributed by atoms with Crippen molar-refractivity contribution in [3.05, 3.63) is 59.9 Å². The zero-order valence-corrected chi connectivity index (χ0v) is 11.8. The molecule has 1 aromatic heterocycles. The fraction of sp³-hybridized carbons (Fsp3) is 0.353. The van der Waals surface area contributed by atoms with E-state index in [1.807, 2.05) is 24.4 Å². The molecule has 1 aliphatic heterocycles. The van der Waals surface area contributed by atoms with Gasteiger partial charge in [0.05, 0.1) is 12.8 Å². The second kappa shape index (κ2) is 6.06. The zero-order chi connectivity index (χ0) is 13.8. The third-order valence-corrected chi connectivity index (χ3v) is 3.96. The van der Waals surface area contributed by atoms with Gasteiger partial charge in [-0.1, -0.05) is 18.2 Å². The summed E-state index contributed by atoms with van der Waals surface area (Å²) in [7, 11) is 1.71. The van der Waals surface area contributed by atoms with Crippen LogP contribution in [-0.2, 0) is 6.54 Å². The van der Waals surface area contributed by atoms with Crippen LogP contribution in [0.1, 0.15) is 30.1 Å². The Labute approximate surface area is 120 Å². The molecule has 1 saturated heterocycles. The smallest absolute Gasteiger partial charge is 0.118 e. The molecule has 1 aliphatic rings. The van der Waals surface area contributed by atoms with Gasteiger partial charge in [-0.05, 0) is 49.2 Å². The van der Waals surface area contributed by atoms with E-state index in [-0.39, 0.29) is 0 Å². The van der Waals surface area contributed by atoms with E-state index in [0.29, 0.717) is 6.04 Å². The van der Waals surface area contributed by atoms with Gasteiger partial charge in [0.2, 0.25) is 0 Å². The maximum atomic E-state index is 5.23. The van der Waals surface area contributed by atoms with Crippen LogP contribution < -0.4 is 4.74 Å². The van der Waals surface area contributed by atoms with Crippen LogP contribution in [0.3, 0.4) is 0 Å². The number of hydrogen-bond donors (Lipinski definition) is 0. The standard InChI is InChI=1S/C17H20N2O/c1-20-16-9-7-14(8-10-16)17-6-4-12-19(17)13-15-5-2-3-11-18-15/h2-3,5,7-11,17H,4,6,12-13H2,1H3. The van der Waals surface area contributed by atoms with E-state index in [0.717, 1.165) is 24.5 Å². The predicted octanol–water partition coefficient (Wildman–Crippen LogP) is 3.43. The quantitative estimate of drug-likeness (QED) is 0.849. The summed E-state index contributed by atoms with van der Waals surface area (Å²) in [5.74, 6) is 0.919. The van der Waals surface area contributed by atoms with Crippen LogP contribution in [0.15, 0.2) is 48.7 Å². The summed E-state index contributed by atoms with van der Waals surface area (Å²) in [6.45, 7) is 2.07. The van der Waals surface area contributed by atoms with E-state index in [4.69, 9.17) is 4.74 Å². The predicted molar refractivity (Wildman–Crippen MR) is 79.6 cm³/mol. The van der Waals surface area contributed by atoms with Gasteiger partial charge in [0.1, 0.15) is 5.75 Å². The minimum Gasteiger partial charge on any atom is -0.497 e. The van der Waals surface area contributed by atoms with Crippen molar-refractivity contribution in [2.45, 2.75) is 25.4 Å². The first kappa shape index (κ1) is 13.1. The molecule has 1 atom stereocenters. The second-order valence-corrected chi connectivity index (χ2v) is 5.22. The van der Waals surface area contributed by atoms with Crippen LogP contribution in [0.4, 0.5) is 0 Å². The third-order valence-electron chi connectivity index (χ3n) is 3.96. The second-order valence-electron chi connectivity index (χ2n) is 5.22. The number of methoxy groups -OCH3 is 1. The van der Waals surface area contributed by atoms with Crippen molar-refractivity contribution in [1.82, 2.24) is 9.88 Å². The molecule has 104 valence electrons. The van der Waals surface area contributed by atoms with Crippen molar-refractivity contribution in [2.75, 3.05) is 13.7 Å². The molecule has 3 rings (SSSR count). The Morgan fingerprint density at radius 1 is 1.20 bits per heavy atom. The molecular weight excluding hydrogens is 248 g/mol. The summed E-state index contributed by atoms with van der Waals surface area (Å²) in [6.07, 6.45) is 4.34. The average Bonchev–Trinajstić information content (AvgIpc) is 2.96.